The monoisotopic (exact) mass is 370 g/mol. The first-order valence-electron chi connectivity index (χ1n) is 6.31. The lowest BCUT2D eigenvalue weighted by Crippen LogP contribution is -3.61. The Kier molecular flexibility index (Phi) is 6.87. The van der Waals surface area contributed by atoms with Crippen LogP contribution >= 0.6 is 0 Å². The number of hydrogen-bond donors (Lipinski definition) is 1. The molecule has 19 heavy (non-hydrogen) atoms. The Morgan fingerprint density at radius 3 is 2.47 bits per heavy atom. The van der Waals surface area contributed by atoms with Crippen LogP contribution in [0.1, 0.15) is 25.3 Å². The van der Waals surface area contributed by atoms with Crippen LogP contribution in [0.5, 0.6) is 5.75 Å². The third kappa shape index (κ3) is 4.84. The highest BCUT2D eigenvalue weighted by molar-refractivity contribution is 5.26. The van der Waals surface area contributed by atoms with Crippen molar-refractivity contribution in [3.8, 4) is 5.75 Å². The first-order chi connectivity index (χ1) is 8.79. The number of benzene rings is 2. The lowest BCUT2D eigenvalue weighted by Gasteiger charge is -2.01. The number of unbranched alkanes of at least 4 members (excludes halogenated alkanes) is 1. The number of halogens is 1. The van der Waals surface area contributed by atoms with Crippen molar-refractivity contribution in [3.63, 3.8) is 0 Å². The van der Waals surface area contributed by atoms with Crippen LogP contribution in [0.3, 0.4) is 0 Å². The highest BCUT2D eigenvalue weighted by atomic mass is 127. The van der Waals surface area contributed by atoms with Gasteiger partial charge in [0.1, 0.15) is 5.75 Å². The number of aromatic hydroxyl groups is 1. The van der Waals surface area contributed by atoms with Gasteiger partial charge < -0.3 is 10.6 Å². The summed E-state index contributed by atoms with van der Waals surface area (Å²) in [6.07, 6.45) is 3.46. The van der Waals surface area contributed by atoms with E-state index in [0.29, 0.717) is 5.75 Å². The molecule has 0 saturated heterocycles. The lowest BCUT2D eigenvalue weighted by molar-refractivity contribution is -0.598. The summed E-state index contributed by atoms with van der Waals surface area (Å²) in [4.78, 5) is 0. The van der Waals surface area contributed by atoms with Gasteiger partial charge in [0, 0.05) is 5.56 Å². The smallest absolute Gasteiger partial charge is 0.358 e. The standard InChI is InChI=1S/C16H17IO.H2O/c1-2-3-7-13-12-15(18)10-11-16(13)17-14-8-5-4-6-9-14;/h4-6,8-12H,2-3,7H2,1H3;1H2. The van der Waals surface area contributed by atoms with Crippen molar-refractivity contribution in [2.24, 2.45) is 0 Å². The van der Waals surface area contributed by atoms with Gasteiger partial charge in [-0.2, -0.15) is 0 Å². The Balaban J connectivity index is 0.00000180. The van der Waals surface area contributed by atoms with E-state index in [4.69, 9.17) is 0 Å². The molecule has 0 unspecified atom stereocenters. The van der Waals surface area contributed by atoms with E-state index in [1.54, 1.807) is 0 Å². The molecule has 0 spiro atoms. The third-order valence-electron chi connectivity index (χ3n) is 2.77. The zero-order chi connectivity index (χ0) is 12.8. The first-order valence-corrected chi connectivity index (χ1v) is 8.47. The highest BCUT2D eigenvalue weighted by Crippen LogP contribution is 2.13. The lowest BCUT2D eigenvalue weighted by atomic mass is 10.1. The van der Waals surface area contributed by atoms with E-state index in [2.05, 4.69) is 43.3 Å². The van der Waals surface area contributed by atoms with Crippen LogP contribution < -0.4 is 21.2 Å². The minimum Gasteiger partial charge on any atom is -0.870 e. The van der Waals surface area contributed by atoms with Gasteiger partial charge in [0.15, 0.2) is 7.14 Å². The SMILES string of the molecule is CCCCc1cc(O)ccc1[I+]c1ccccc1.[OH-]. The van der Waals surface area contributed by atoms with Gasteiger partial charge in [-0.1, -0.05) is 31.5 Å². The summed E-state index contributed by atoms with van der Waals surface area (Å²) >= 11 is -0.135. The Morgan fingerprint density at radius 2 is 1.79 bits per heavy atom. The molecule has 0 aromatic heterocycles. The maximum Gasteiger partial charge on any atom is 0.358 e. The van der Waals surface area contributed by atoms with Crippen molar-refractivity contribution in [1.29, 1.82) is 0 Å². The average Bonchev–Trinajstić information content (AvgIpc) is 2.40. The number of phenols is 1. The van der Waals surface area contributed by atoms with E-state index < -0.39 is 0 Å². The molecule has 0 amide bonds. The normalized spacial score (nSPS) is 9.95. The van der Waals surface area contributed by atoms with E-state index in [1.807, 2.05) is 12.1 Å². The summed E-state index contributed by atoms with van der Waals surface area (Å²) in [5.41, 5.74) is 1.33. The van der Waals surface area contributed by atoms with Gasteiger partial charge in [-0.3, -0.25) is 0 Å². The van der Waals surface area contributed by atoms with Crippen molar-refractivity contribution in [2.75, 3.05) is 0 Å². The quantitative estimate of drug-likeness (QED) is 0.788. The van der Waals surface area contributed by atoms with Gasteiger partial charge in [0.05, 0.1) is 0 Å². The van der Waals surface area contributed by atoms with Crippen LogP contribution in [0.4, 0.5) is 0 Å². The predicted molar refractivity (Wildman–Crippen MR) is 72.5 cm³/mol. The van der Waals surface area contributed by atoms with E-state index in [1.165, 1.54) is 25.5 Å². The first kappa shape index (κ1) is 16.0. The van der Waals surface area contributed by atoms with Gasteiger partial charge >= 0.3 is 21.2 Å². The van der Waals surface area contributed by atoms with Crippen molar-refractivity contribution < 1.29 is 31.8 Å². The number of aryl methyl sites for hydroxylation is 1. The van der Waals surface area contributed by atoms with Gasteiger partial charge in [0.2, 0.25) is 0 Å². The minimum atomic E-state index is -0.135. The Bertz CT molecular complexity index is 497. The Hall–Kier alpha value is -1.07. The van der Waals surface area contributed by atoms with Gasteiger partial charge in [-0.15, -0.1) is 0 Å². The molecule has 102 valence electrons. The molecule has 2 nitrogen and oxygen atoms in total. The summed E-state index contributed by atoms with van der Waals surface area (Å²) in [5.74, 6) is 0.391. The molecular weight excluding hydrogens is 351 g/mol. The molecule has 2 rings (SSSR count). The van der Waals surface area contributed by atoms with E-state index in [-0.39, 0.29) is 26.7 Å². The van der Waals surface area contributed by atoms with Gasteiger partial charge in [-0.05, 0) is 43.2 Å². The Morgan fingerprint density at radius 1 is 1.05 bits per heavy atom. The fourth-order valence-electron chi connectivity index (χ4n) is 1.81. The highest BCUT2D eigenvalue weighted by Gasteiger charge is 2.19. The topological polar surface area (TPSA) is 50.2 Å². The van der Waals surface area contributed by atoms with Crippen LogP contribution in [0.2, 0.25) is 0 Å². The molecule has 0 aliphatic rings. The average molecular weight is 370 g/mol. The van der Waals surface area contributed by atoms with Crippen LogP contribution in [0.25, 0.3) is 0 Å². The summed E-state index contributed by atoms with van der Waals surface area (Å²) in [6, 6.07) is 16.5. The molecule has 0 atom stereocenters. The van der Waals surface area contributed by atoms with Crippen LogP contribution in [0, 0.1) is 7.14 Å². The molecule has 0 heterocycles. The molecule has 0 saturated carbocycles. The van der Waals surface area contributed by atoms with Gasteiger partial charge in [-0.25, -0.2) is 0 Å². The summed E-state index contributed by atoms with van der Waals surface area (Å²) < 4.78 is 2.87. The zero-order valence-electron chi connectivity index (χ0n) is 11.0. The maximum atomic E-state index is 9.62. The van der Waals surface area contributed by atoms with Crippen molar-refractivity contribution in [3.05, 3.63) is 61.2 Å². The van der Waals surface area contributed by atoms with Crippen molar-refractivity contribution in [2.45, 2.75) is 26.2 Å². The summed E-state index contributed by atoms with van der Waals surface area (Å²) in [6.45, 7) is 2.20. The third-order valence-corrected chi connectivity index (χ3v) is 5.75. The molecule has 0 bridgehead atoms. The van der Waals surface area contributed by atoms with Crippen LogP contribution in [-0.4, -0.2) is 10.6 Å². The van der Waals surface area contributed by atoms with E-state index >= 15 is 0 Å². The van der Waals surface area contributed by atoms with Crippen LogP contribution in [0.15, 0.2) is 48.5 Å². The zero-order valence-corrected chi connectivity index (χ0v) is 13.2. The number of hydrogen-bond acceptors (Lipinski definition) is 2. The molecule has 3 heteroatoms. The predicted octanol–water partition coefficient (Wildman–Crippen LogP) is 0.686. The molecule has 0 aliphatic carbocycles. The molecule has 0 fully saturated rings. The Labute approximate surface area is 125 Å². The largest absolute Gasteiger partial charge is 0.870 e. The molecule has 0 aliphatic heterocycles. The second-order valence-electron chi connectivity index (χ2n) is 4.27. The molecular formula is C16H19IO2. The molecule has 2 N–H and O–H groups in total. The number of rotatable bonds is 5. The summed E-state index contributed by atoms with van der Waals surface area (Å²) in [7, 11) is 0. The maximum absolute atomic E-state index is 9.62. The fraction of sp³-hybridized carbons (Fsp3) is 0.250. The van der Waals surface area contributed by atoms with E-state index in [0.717, 1.165) is 6.42 Å². The molecule has 2 aromatic rings. The number of phenolic OH excluding ortho intramolecular Hbond substituents is 1. The van der Waals surface area contributed by atoms with Crippen molar-refractivity contribution in [1.82, 2.24) is 0 Å². The molecule has 2 aromatic carbocycles. The second-order valence-corrected chi connectivity index (χ2v) is 7.22. The summed E-state index contributed by atoms with van der Waals surface area (Å²) in [5, 5.41) is 9.62. The van der Waals surface area contributed by atoms with E-state index in [9.17, 15) is 5.11 Å². The molecule has 0 radical (unpaired) electrons. The van der Waals surface area contributed by atoms with Crippen LogP contribution in [-0.2, 0) is 6.42 Å². The second kappa shape index (κ2) is 8.17. The minimum absolute atomic E-state index is 0. The van der Waals surface area contributed by atoms with Crippen molar-refractivity contribution >= 4 is 0 Å². The fourth-order valence-corrected chi connectivity index (χ4v) is 4.38. The van der Waals surface area contributed by atoms with Gasteiger partial charge in [0.25, 0.3) is 0 Å².